The van der Waals surface area contributed by atoms with Crippen molar-refractivity contribution >= 4 is 52.0 Å². The zero-order valence-corrected chi connectivity index (χ0v) is 17.1. The van der Waals surface area contributed by atoms with E-state index in [1.54, 1.807) is 23.6 Å². The predicted molar refractivity (Wildman–Crippen MR) is 109 cm³/mol. The molecule has 28 heavy (non-hydrogen) atoms. The van der Waals surface area contributed by atoms with Crippen molar-refractivity contribution in [2.45, 2.75) is 5.66 Å². The molecule has 0 aliphatic rings. The zero-order chi connectivity index (χ0) is 20.6. The number of nitrogens with zero attached hydrogens (tertiary/aromatic N) is 1. The first kappa shape index (κ1) is 20.7. The Labute approximate surface area is 169 Å². The molecule has 1 aromatic heterocycles. The number of carbonyl (C=O) groups is 1. The first-order valence-corrected chi connectivity index (χ1v) is 11.4. The van der Waals surface area contributed by atoms with Gasteiger partial charge in [0.15, 0.2) is 0 Å². The third kappa shape index (κ3) is 4.03. The Morgan fingerprint density at radius 3 is 2.50 bits per heavy atom. The van der Waals surface area contributed by atoms with Gasteiger partial charge in [0, 0.05) is 28.7 Å². The second-order valence-electron chi connectivity index (χ2n) is 6.20. The maximum absolute atomic E-state index is 13.6. The molecule has 0 saturated heterocycles. The largest absolute Gasteiger partial charge is 0.344 e. The Kier molecular flexibility index (Phi) is 5.73. The summed E-state index contributed by atoms with van der Waals surface area (Å²) >= 11 is 7.34. The second-order valence-corrected chi connectivity index (χ2v) is 9.95. The molecule has 1 amide bonds. The van der Waals surface area contributed by atoms with Gasteiger partial charge in [0.1, 0.15) is 17.3 Å². The molecule has 0 saturated carbocycles. The molecule has 2 aromatic carbocycles. The number of rotatable bonds is 5. The third-order valence-electron chi connectivity index (χ3n) is 4.12. The number of carbonyl (C=O) groups excluding carboxylic acids is 1. The van der Waals surface area contributed by atoms with Gasteiger partial charge in [-0.2, -0.15) is 0 Å². The van der Waals surface area contributed by atoms with E-state index in [0.717, 1.165) is 34.6 Å². The van der Waals surface area contributed by atoms with Gasteiger partial charge >= 0.3 is 0 Å². The summed E-state index contributed by atoms with van der Waals surface area (Å²) in [6, 6.07) is 7.59. The van der Waals surface area contributed by atoms with Crippen molar-refractivity contribution in [2.24, 2.45) is 0 Å². The van der Waals surface area contributed by atoms with Crippen molar-refractivity contribution < 1.29 is 23.0 Å². The van der Waals surface area contributed by atoms with E-state index in [9.17, 15) is 23.0 Å². The number of halogens is 3. The van der Waals surface area contributed by atoms with Gasteiger partial charge in [-0.15, -0.1) is 11.3 Å². The lowest BCUT2D eigenvalue weighted by atomic mass is 10.1. The van der Waals surface area contributed by atoms with Gasteiger partial charge in [-0.1, -0.05) is 18.2 Å². The van der Waals surface area contributed by atoms with Gasteiger partial charge in [-0.05, 0) is 46.7 Å². The second kappa shape index (κ2) is 7.76. The first-order valence-electron chi connectivity index (χ1n) is 8.00. The van der Waals surface area contributed by atoms with Gasteiger partial charge in [-0.25, -0.2) is 8.78 Å². The molecule has 0 bridgehead atoms. The summed E-state index contributed by atoms with van der Waals surface area (Å²) in [6.07, 6.45) is 1.06. The molecule has 0 aliphatic heterocycles. The van der Waals surface area contributed by atoms with Gasteiger partial charge in [-0.3, -0.25) is 14.3 Å². The summed E-state index contributed by atoms with van der Waals surface area (Å²) in [5.74, 6) is -2.60. The van der Waals surface area contributed by atoms with Gasteiger partial charge in [0.05, 0.1) is 5.69 Å². The number of hydrogen-bond acceptors (Lipinski definition) is 3. The number of anilines is 1. The summed E-state index contributed by atoms with van der Waals surface area (Å²) < 4.78 is 40.7. The molecular formula is C19H15ClF2NO3PS. The molecule has 2 unspecified atom stereocenters. The highest BCUT2D eigenvalue weighted by Crippen LogP contribution is 2.55. The fourth-order valence-electron chi connectivity index (χ4n) is 2.96. The minimum Gasteiger partial charge on any atom is -0.344 e. The summed E-state index contributed by atoms with van der Waals surface area (Å²) in [5.41, 5.74) is -1.26. The van der Waals surface area contributed by atoms with E-state index in [0.29, 0.717) is 22.0 Å². The van der Waals surface area contributed by atoms with E-state index in [2.05, 4.69) is 6.58 Å². The quantitative estimate of drug-likeness (QED) is 0.498. The molecule has 0 fully saturated rings. The van der Waals surface area contributed by atoms with E-state index in [1.165, 1.54) is 11.3 Å². The molecule has 1 N–H and O–H groups in total. The number of amides is 1. The molecular weight excluding hydrogens is 427 g/mol. The lowest BCUT2D eigenvalue weighted by Crippen LogP contribution is -2.30. The highest BCUT2D eigenvalue weighted by molar-refractivity contribution is 7.58. The highest BCUT2D eigenvalue weighted by Gasteiger charge is 2.39. The average Bonchev–Trinajstić information content (AvgIpc) is 2.96. The van der Waals surface area contributed by atoms with Crippen LogP contribution in [0.3, 0.4) is 0 Å². The first-order chi connectivity index (χ1) is 13.1. The Balaban J connectivity index is 2.15. The molecule has 1 heterocycles. The lowest BCUT2D eigenvalue weighted by Gasteiger charge is -2.26. The van der Waals surface area contributed by atoms with E-state index >= 15 is 0 Å². The molecule has 146 valence electrons. The molecule has 9 heteroatoms. The highest BCUT2D eigenvalue weighted by atomic mass is 35.5. The van der Waals surface area contributed by atoms with Crippen molar-refractivity contribution in [3.05, 3.63) is 76.8 Å². The van der Waals surface area contributed by atoms with Gasteiger partial charge in [0.25, 0.3) is 0 Å². The fraction of sp³-hybridized carbons (Fsp3) is 0.105. The summed E-state index contributed by atoms with van der Waals surface area (Å²) in [6.45, 7) is 4.58. The SMILES string of the molecule is C=CN(C(=O)C(c1csc2ccc(Cl)cc12)P(C)(=O)O)c1cc(F)cc(F)c1. The van der Waals surface area contributed by atoms with Crippen molar-refractivity contribution in [3.63, 3.8) is 0 Å². The van der Waals surface area contributed by atoms with E-state index in [4.69, 9.17) is 11.6 Å². The maximum Gasteiger partial charge on any atom is 0.248 e. The molecule has 0 spiro atoms. The van der Waals surface area contributed by atoms with Gasteiger partial charge in [0.2, 0.25) is 13.3 Å². The van der Waals surface area contributed by atoms with Crippen LogP contribution in [0.5, 0.6) is 0 Å². The lowest BCUT2D eigenvalue weighted by molar-refractivity contribution is -0.117. The predicted octanol–water partition coefficient (Wildman–Crippen LogP) is 5.95. The molecule has 3 rings (SSSR count). The Bertz CT molecular complexity index is 1110. The molecule has 0 aliphatic carbocycles. The number of hydrogen-bond donors (Lipinski definition) is 1. The number of fused-ring (bicyclic) bond motifs is 1. The van der Waals surface area contributed by atoms with Crippen LogP contribution in [0.25, 0.3) is 10.1 Å². The summed E-state index contributed by atoms with van der Waals surface area (Å²) in [5, 5.41) is 2.60. The number of thiophene rings is 1. The molecule has 3 aromatic rings. The Morgan fingerprint density at radius 2 is 1.93 bits per heavy atom. The van der Waals surface area contributed by atoms with Crippen molar-refractivity contribution in [2.75, 3.05) is 11.6 Å². The normalized spacial score (nSPS) is 14.5. The van der Waals surface area contributed by atoms with Crippen LogP contribution in [-0.4, -0.2) is 17.5 Å². The number of benzene rings is 2. The maximum atomic E-state index is 13.6. The van der Waals surface area contributed by atoms with Gasteiger partial charge < -0.3 is 4.89 Å². The standard InChI is InChI=1S/C19H15ClF2NO3PS/c1-3-23(14-8-12(21)7-13(22)9-14)19(24)18(27(2,25)26)16-10-28-17-5-4-11(20)6-15(16)17/h3-10,18H,1H2,2H3,(H,25,26). The van der Waals surface area contributed by atoms with Crippen molar-refractivity contribution in [1.82, 2.24) is 0 Å². The van der Waals surface area contributed by atoms with E-state index in [1.807, 2.05) is 0 Å². The Morgan fingerprint density at radius 1 is 1.29 bits per heavy atom. The fourth-order valence-corrected chi connectivity index (χ4v) is 5.47. The average molecular weight is 442 g/mol. The van der Waals surface area contributed by atoms with Crippen LogP contribution >= 0.6 is 30.3 Å². The van der Waals surface area contributed by atoms with E-state index < -0.39 is 30.6 Å². The minimum atomic E-state index is -4.01. The van der Waals surface area contributed by atoms with Crippen LogP contribution in [-0.2, 0) is 9.36 Å². The van der Waals surface area contributed by atoms with Crippen molar-refractivity contribution in [3.8, 4) is 0 Å². The van der Waals surface area contributed by atoms with Crippen molar-refractivity contribution in [1.29, 1.82) is 0 Å². The molecule has 4 nitrogen and oxygen atoms in total. The Hall–Kier alpha value is -2.05. The smallest absolute Gasteiger partial charge is 0.248 e. The summed E-state index contributed by atoms with van der Waals surface area (Å²) in [7, 11) is -4.01. The monoisotopic (exact) mass is 441 g/mol. The zero-order valence-electron chi connectivity index (χ0n) is 14.6. The summed E-state index contributed by atoms with van der Waals surface area (Å²) in [4.78, 5) is 24.4. The van der Waals surface area contributed by atoms with Crippen LogP contribution in [0.2, 0.25) is 5.02 Å². The minimum absolute atomic E-state index is 0.131. The third-order valence-corrected chi connectivity index (χ3v) is 6.79. The van der Waals surface area contributed by atoms with Crippen LogP contribution < -0.4 is 4.90 Å². The van der Waals surface area contributed by atoms with Crippen LogP contribution in [0.4, 0.5) is 14.5 Å². The van der Waals surface area contributed by atoms with Crippen LogP contribution in [0.1, 0.15) is 11.2 Å². The van der Waals surface area contributed by atoms with E-state index in [-0.39, 0.29) is 5.69 Å². The molecule has 0 radical (unpaired) electrons. The van der Waals surface area contributed by atoms with Crippen LogP contribution in [0, 0.1) is 11.6 Å². The molecule has 2 atom stereocenters. The van der Waals surface area contributed by atoms with Crippen LogP contribution in [0.15, 0.2) is 54.6 Å². The topological polar surface area (TPSA) is 57.6 Å².